The Balaban J connectivity index is 1.66. The number of rotatable bonds is 6. The number of aromatic nitrogens is 1. The van der Waals surface area contributed by atoms with Crippen LogP contribution in [-0.2, 0) is 17.8 Å². The molecule has 1 aromatic heterocycles. The molecule has 3 aromatic rings. The lowest BCUT2D eigenvalue weighted by molar-refractivity contribution is -0.115. The summed E-state index contributed by atoms with van der Waals surface area (Å²) >= 11 is 0. The van der Waals surface area contributed by atoms with E-state index in [9.17, 15) is 4.79 Å². The van der Waals surface area contributed by atoms with Gasteiger partial charge in [0.2, 0.25) is 5.91 Å². The predicted molar refractivity (Wildman–Crippen MR) is 98.5 cm³/mol. The molecule has 0 aliphatic carbocycles. The summed E-state index contributed by atoms with van der Waals surface area (Å²) < 4.78 is 5.88. The van der Waals surface area contributed by atoms with Crippen LogP contribution in [0.25, 0.3) is 0 Å². The molecule has 0 radical (unpaired) electrons. The summed E-state index contributed by atoms with van der Waals surface area (Å²) in [6, 6.07) is 21.3. The summed E-state index contributed by atoms with van der Waals surface area (Å²) in [4.78, 5) is 16.5. The first kappa shape index (κ1) is 16.7. The fourth-order valence-corrected chi connectivity index (χ4v) is 2.49. The van der Waals surface area contributed by atoms with E-state index in [1.54, 1.807) is 12.3 Å². The zero-order chi connectivity index (χ0) is 17.5. The molecule has 0 saturated heterocycles. The summed E-state index contributed by atoms with van der Waals surface area (Å²) in [7, 11) is 0. The number of nitrogens with zero attached hydrogens (tertiary/aromatic N) is 1. The van der Waals surface area contributed by atoms with E-state index in [1.165, 1.54) is 5.56 Å². The van der Waals surface area contributed by atoms with Crippen molar-refractivity contribution in [2.24, 2.45) is 0 Å². The van der Waals surface area contributed by atoms with Crippen LogP contribution in [0, 0.1) is 6.92 Å². The molecule has 25 heavy (non-hydrogen) atoms. The minimum atomic E-state index is -0.120. The molecule has 1 amide bonds. The van der Waals surface area contributed by atoms with Gasteiger partial charge in [-0.1, -0.05) is 54.6 Å². The van der Waals surface area contributed by atoms with Gasteiger partial charge in [0.1, 0.15) is 6.61 Å². The SMILES string of the molecule is Cc1ccccc1COc1cccnc1NC(=O)Cc1ccccc1. The van der Waals surface area contributed by atoms with E-state index in [4.69, 9.17) is 4.74 Å². The van der Waals surface area contributed by atoms with Crippen LogP contribution in [-0.4, -0.2) is 10.9 Å². The van der Waals surface area contributed by atoms with Crippen molar-refractivity contribution in [3.63, 3.8) is 0 Å². The smallest absolute Gasteiger partial charge is 0.230 e. The number of pyridine rings is 1. The maximum absolute atomic E-state index is 12.3. The zero-order valence-corrected chi connectivity index (χ0v) is 14.1. The average molecular weight is 332 g/mol. The van der Waals surface area contributed by atoms with E-state index in [0.717, 1.165) is 11.1 Å². The van der Waals surface area contributed by atoms with Crippen molar-refractivity contribution < 1.29 is 9.53 Å². The van der Waals surface area contributed by atoms with Crippen LogP contribution in [0.15, 0.2) is 72.9 Å². The van der Waals surface area contributed by atoms with Crippen molar-refractivity contribution in [1.82, 2.24) is 4.98 Å². The minimum absolute atomic E-state index is 0.120. The number of carbonyl (C=O) groups excluding carboxylic acids is 1. The Labute approximate surface area is 147 Å². The van der Waals surface area contributed by atoms with Crippen molar-refractivity contribution in [1.29, 1.82) is 0 Å². The summed E-state index contributed by atoms with van der Waals surface area (Å²) in [6.07, 6.45) is 1.94. The molecule has 0 aliphatic rings. The highest BCUT2D eigenvalue weighted by Crippen LogP contribution is 2.23. The van der Waals surface area contributed by atoms with Crippen LogP contribution in [0.2, 0.25) is 0 Å². The fourth-order valence-electron chi connectivity index (χ4n) is 2.49. The van der Waals surface area contributed by atoms with E-state index < -0.39 is 0 Å². The molecule has 0 fully saturated rings. The first-order chi connectivity index (χ1) is 12.2. The van der Waals surface area contributed by atoms with Gasteiger partial charge in [-0.2, -0.15) is 0 Å². The van der Waals surface area contributed by atoms with Crippen LogP contribution in [0.1, 0.15) is 16.7 Å². The van der Waals surface area contributed by atoms with Gasteiger partial charge in [-0.05, 0) is 35.7 Å². The van der Waals surface area contributed by atoms with Crippen molar-refractivity contribution in [2.45, 2.75) is 20.0 Å². The molecule has 4 heteroatoms. The van der Waals surface area contributed by atoms with Crippen LogP contribution in [0.5, 0.6) is 5.75 Å². The summed E-state index contributed by atoms with van der Waals surface area (Å²) in [5.41, 5.74) is 3.23. The lowest BCUT2D eigenvalue weighted by Crippen LogP contribution is -2.16. The van der Waals surface area contributed by atoms with Crippen LogP contribution >= 0.6 is 0 Å². The summed E-state index contributed by atoms with van der Waals surface area (Å²) in [5, 5.41) is 2.83. The van der Waals surface area contributed by atoms with E-state index >= 15 is 0 Å². The Morgan fingerprint density at radius 1 is 1.00 bits per heavy atom. The Hall–Kier alpha value is -3.14. The highest BCUT2D eigenvalue weighted by Gasteiger charge is 2.10. The zero-order valence-electron chi connectivity index (χ0n) is 14.1. The second-order valence-electron chi connectivity index (χ2n) is 5.78. The van der Waals surface area contributed by atoms with Gasteiger partial charge in [0, 0.05) is 6.20 Å². The number of amides is 1. The highest BCUT2D eigenvalue weighted by molar-refractivity contribution is 5.92. The number of ether oxygens (including phenoxy) is 1. The number of carbonyl (C=O) groups is 1. The third-order valence-electron chi connectivity index (χ3n) is 3.88. The Bertz CT molecular complexity index is 847. The molecule has 1 N–H and O–H groups in total. The summed E-state index contributed by atoms with van der Waals surface area (Å²) in [5.74, 6) is 0.884. The predicted octanol–water partition coefficient (Wildman–Crippen LogP) is 4.15. The van der Waals surface area contributed by atoms with Gasteiger partial charge in [-0.3, -0.25) is 4.79 Å². The third kappa shape index (κ3) is 4.67. The van der Waals surface area contributed by atoms with Gasteiger partial charge in [-0.15, -0.1) is 0 Å². The standard InChI is InChI=1S/C21H20N2O2/c1-16-8-5-6-11-18(16)15-25-19-12-7-13-22-21(19)23-20(24)14-17-9-3-2-4-10-17/h2-13H,14-15H2,1H3,(H,22,23,24). The van der Waals surface area contributed by atoms with Gasteiger partial charge >= 0.3 is 0 Å². The third-order valence-corrected chi connectivity index (χ3v) is 3.88. The maximum Gasteiger partial charge on any atom is 0.230 e. The largest absolute Gasteiger partial charge is 0.485 e. The highest BCUT2D eigenvalue weighted by atomic mass is 16.5. The Morgan fingerprint density at radius 2 is 1.76 bits per heavy atom. The van der Waals surface area contributed by atoms with Gasteiger partial charge in [0.05, 0.1) is 6.42 Å². The number of hydrogen-bond acceptors (Lipinski definition) is 3. The molecule has 0 aliphatic heterocycles. The number of hydrogen-bond donors (Lipinski definition) is 1. The first-order valence-electron chi connectivity index (χ1n) is 8.18. The lowest BCUT2D eigenvalue weighted by atomic mass is 10.1. The van der Waals surface area contributed by atoms with E-state index in [0.29, 0.717) is 24.6 Å². The molecular formula is C21H20N2O2. The van der Waals surface area contributed by atoms with Crippen molar-refractivity contribution in [3.8, 4) is 5.75 Å². The minimum Gasteiger partial charge on any atom is -0.485 e. The number of aryl methyl sites for hydroxylation is 1. The van der Waals surface area contributed by atoms with E-state index in [2.05, 4.69) is 10.3 Å². The molecule has 1 heterocycles. The molecule has 126 valence electrons. The molecule has 0 unspecified atom stereocenters. The quantitative estimate of drug-likeness (QED) is 0.738. The van der Waals surface area contributed by atoms with Crippen LogP contribution < -0.4 is 10.1 Å². The van der Waals surface area contributed by atoms with E-state index in [-0.39, 0.29) is 5.91 Å². The fraction of sp³-hybridized carbons (Fsp3) is 0.143. The van der Waals surface area contributed by atoms with Crippen molar-refractivity contribution in [3.05, 3.63) is 89.6 Å². The van der Waals surface area contributed by atoms with Crippen LogP contribution in [0.3, 0.4) is 0 Å². The van der Waals surface area contributed by atoms with Gasteiger partial charge in [-0.25, -0.2) is 4.98 Å². The van der Waals surface area contributed by atoms with Crippen LogP contribution in [0.4, 0.5) is 5.82 Å². The summed E-state index contributed by atoms with van der Waals surface area (Å²) in [6.45, 7) is 2.48. The van der Waals surface area contributed by atoms with Gasteiger partial charge in [0.15, 0.2) is 11.6 Å². The molecule has 0 saturated carbocycles. The number of anilines is 1. The number of nitrogens with one attached hydrogen (secondary N) is 1. The Kier molecular flexibility index (Phi) is 5.42. The molecule has 3 rings (SSSR count). The van der Waals surface area contributed by atoms with Gasteiger partial charge < -0.3 is 10.1 Å². The second-order valence-corrected chi connectivity index (χ2v) is 5.78. The number of benzene rings is 2. The monoisotopic (exact) mass is 332 g/mol. The molecule has 0 atom stereocenters. The first-order valence-corrected chi connectivity index (χ1v) is 8.18. The molecule has 2 aromatic carbocycles. The molecule has 4 nitrogen and oxygen atoms in total. The molecule has 0 spiro atoms. The normalized spacial score (nSPS) is 10.3. The molecular weight excluding hydrogens is 312 g/mol. The lowest BCUT2D eigenvalue weighted by Gasteiger charge is -2.12. The topological polar surface area (TPSA) is 51.2 Å². The van der Waals surface area contributed by atoms with Gasteiger partial charge in [0.25, 0.3) is 0 Å². The molecule has 0 bridgehead atoms. The Morgan fingerprint density at radius 3 is 2.56 bits per heavy atom. The van der Waals surface area contributed by atoms with Crippen molar-refractivity contribution in [2.75, 3.05) is 5.32 Å². The van der Waals surface area contributed by atoms with E-state index in [1.807, 2.05) is 67.6 Å². The van der Waals surface area contributed by atoms with Crippen molar-refractivity contribution >= 4 is 11.7 Å². The second kappa shape index (κ2) is 8.11. The maximum atomic E-state index is 12.3. The average Bonchev–Trinajstić information content (AvgIpc) is 2.63.